The summed E-state index contributed by atoms with van der Waals surface area (Å²) in [6.07, 6.45) is 6.62. The van der Waals surface area contributed by atoms with Crippen LogP contribution in [-0.2, 0) is 12.6 Å². The summed E-state index contributed by atoms with van der Waals surface area (Å²) in [6.45, 7) is 0. The number of hydrogen-bond acceptors (Lipinski definition) is 1. The van der Waals surface area contributed by atoms with Crippen LogP contribution in [0.3, 0.4) is 0 Å². The highest BCUT2D eigenvalue weighted by molar-refractivity contribution is 6.35. The molecule has 1 aromatic carbocycles. The van der Waals surface area contributed by atoms with E-state index in [0.29, 0.717) is 0 Å². The Morgan fingerprint density at radius 1 is 1.29 bits per heavy atom. The first kappa shape index (κ1) is 11.1. The Morgan fingerprint density at radius 3 is 2.71 bits per heavy atom. The first-order chi connectivity index (χ1) is 8.10. The molecule has 1 aliphatic rings. The third kappa shape index (κ3) is 1.67. The molecule has 2 aromatic rings. The van der Waals surface area contributed by atoms with Crippen molar-refractivity contribution >= 4 is 22.5 Å². The van der Waals surface area contributed by atoms with Crippen LogP contribution < -0.4 is 5.73 Å². The average Bonchev–Trinajstić information content (AvgIpc) is 2.88. The van der Waals surface area contributed by atoms with Crippen molar-refractivity contribution in [2.24, 2.45) is 12.8 Å². The quantitative estimate of drug-likeness (QED) is 0.822. The Bertz CT molecular complexity index is 565. The van der Waals surface area contributed by atoms with E-state index in [1.807, 2.05) is 13.2 Å². The monoisotopic (exact) mass is 248 g/mol. The van der Waals surface area contributed by atoms with Gasteiger partial charge in [-0.15, -0.1) is 0 Å². The number of hydrogen-bond donors (Lipinski definition) is 1. The SMILES string of the molecule is Cn1ccc2c(Cl)cc(C3(N)CCCC3)cc21. The van der Waals surface area contributed by atoms with Crippen LogP contribution in [0.2, 0.25) is 5.02 Å². The molecule has 3 heteroatoms. The van der Waals surface area contributed by atoms with Gasteiger partial charge in [0.1, 0.15) is 0 Å². The zero-order valence-electron chi connectivity index (χ0n) is 10.0. The minimum absolute atomic E-state index is 0.165. The van der Waals surface area contributed by atoms with Crippen LogP contribution in [0.15, 0.2) is 24.4 Å². The number of nitrogens with two attached hydrogens (primary N) is 1. The fourth-order valence-corrected chi connectivity index (χ4v) is 3.19. The van der Waals surface area contributed by atoms with Crippen molar-refractivity contribution in [2.45, 2.75) is 31.2 Å². The van der Waals surface area contributed by atoms with E-state index in [9.17, 15) is 0 Å². The van der Waals surface area contributed by atoms with Gasteiger partial charge in [0.2, 0.25) is 0 Å². The van der Waals surface area contributed by atoms with E-state index in [0.717, 1.165) is 23.3 Å². The van der Waals surface area contributed by atoms with Gasteiger partial charge in [0.05, 0.1) is 5.02 Å². The van der Waals surface area contributed by atoms with Gasteiger partial charge in [0.15, 0.2) is 0 Å². The van der Waals surface area contributed by atoms with Crippen LogP contribution in [0.4, 0.5) is 0 Å². The molecule has 0 atom stereocenters. The molecule has 3 rings (SSSR count). The fraction of sp³-hybridized carbons (Fsp3) is 0.429. The Hall–Kier alpha value is -0.990. The van der Waals surface area contributed by atoms with Crippen LogP contribution in [-0.4, -0.2) is 4.57 Å². The minimum atomic E-state index is -0.165. The Kier molecular flexibility index (Phi) is 2.46. The number of aryl methyl sites for hydroxylation is 1. The normalized spacial score (nSPS) is 19.0. The fourth-order valence-electron chi connectivity index (χ4n) is 2.91. The summed E-state index contributed by atoms with van der Waals surface area (Å²) in [5, 5.41) is 1.93. The number of rotatable bonds is 1. The number of fused-ring (bicyclic) bond motifs is 1. The van der Waals surface area contributed by atoms with Gasteiger partial charge >= 0.3 is 0 Å². The highest BCUT2D eigenvalue weighted by Gasteiger charge is 2.31. The molecule has 1 aromatic heterocycles. The van der Waals surface area contributed by atoms with Gasteiger partial charge in [0, 0.05) is 29.7 Å². The second kappa shape index (κ2) is 3.76. The highest BCUT2D eigenvalue weighted by Crippen LogP contribution is 2.39. The third-order valence-corrected chi connectivity index (χ3v) is 4.34. The molecule has 0 amide bonds. The van der Waals surface area contributed by atoms with Gasteiger partial charge in [-0.05, 0) is 36.6 Å². The van der Waals surface area contributed by atoms with Gasteiger partial charge < -0.3 is 10.3 Å². The Morgan fingerprint density at radius 2 is 2.00 bits per heavy atom. The number of benzene rings is 1. The number of aromatic nitrogens is 1. The zero-order chi connectivity index (χ0) is 12.0. The van der Waals surface area contributed by atoms with Crippen LogP contribution in [0.25, 0.3) is 10.9 Å². The van der Waals surface area contributed by atoms with Crippen LogP contribution >= 0.6 is 11.6 Å². The molecular weight excluding hydrogens is 232 g/mol. The summed E-state index contributed by atoms with van der Waals surface area (Å²) >= 11 is 6.35. The van der Waals surface area contributed by atoms with Crippen LogP contribution in [0, 0.1) is 0 Å². The van der Waals surface area contributed by atoms with E-state index < -0.39 is 0 Å². The van der Waals surface area contributed by atoms with Crippen molar-refractivity contribution in [3.8, 4) is 0 Å². The van der Waals surface area contributed by atoms with E-state index in [1.54, 1.807) is 0 Å². The second-order valence-electron chi connectivity index (χ2n) is 5.18. The first-order valence-electron chi connectivity index (χ1n) is 6.14. The molecule has 0 saturated heterocycles. The van der Waals surface area contributed by atoms with Crippen LogP contribution in [0.5, 0.6) is 0 Å². The van der Waals surface area contributed by atoms with E-state index in [2.05, 4.69) is 22.8 Å². The predicted molar refractivity (Wildman–Crippen MR) is 72.3 cm³/mol. The largest absolute Gasteiger partial charge is 0.350 e. The maximum absolute atomic E-state index is 6.49. The summed E-state index contributed by atoms with van der Waals surface area (Å²) in [7, 11) is 2.04. The third-order valence-electron chi connectivity index (χ3n) is 4.02. The van der Waals surface area contributed by atoms with Crippen molar-refractivity contribution in [2.75, 3.05) is 0 Å². The summed E-state index contributed by atoms with van der Waals surface area (Å²) < 4.78 is 2.10. The van der Waals surface area contributed by atoms with Gasteiger partial charge in [-0.1, -0.05) is 24.4 Å². The molecule has 2 nitrogen and oxygen atoms in total. The van der Waals surface area contributed by atoms with Crippen molar-refractivity contribution in [1.82, 2.24) is 4.57 Å². The number of halogens is 1. The highest BCUT2D eigenvalue weighted by atomic mass is 35.5. The lowest BCUT2D eigenvalue weighted by molar-refractivity contribution is 0.462. The Balaban J connectivity index is 2.20. The minimum Gasteiger partial charge on any atom is -0.350 e. The molecule has 1 fully saturated rings. The second-order valence-corrected chi connectivity index (χ2v) is 5.59. The summed E-state index contributed by atoms with van der Waals surface area (Å²) in [5.41, 5.74) is 8.69. The molecule has 1 saturated carbocycles. The molecule has 2 N–H and O–H groups in total. The average molecular weight is 249 g/mol. The van der Waals surface area contributed by atoms with E-state index in [1.165, 1.54) is 23.9 Å². The molecule has 1 aliphatic carbocycles. The van der Waals surface area contributed by atoms with Crippen molar-refractivity contribution in [3.05, 3.63) is 35.0 Å². The topological polar surface area (TPSA) is 30.9 Å². The molecule has 0 bridgehead atoms. The summed E-state index contributed by atoms with van der Waals surface area (Å²) in [5.74, 6) is 0. The molecule has 0 radical (unpaired) electrons. The predicted octanol–water partition coefficient (Wildman–Crippen LogP) is 3.56. The molecule has 0 unspecified atom stereocenters. The summed E-state index contributed by atoms with van der Waals surface area (Å²) in [6, 6.07) is 6.31. The lowest BCUT2D eigenvalue weighted by atomic mass is 9.89. The molecule has 90 valence electrons. The Labute approximate surface area is 106 Å². The standard InChI is InChI=1S/C14H17ClN2/c1-17-7-4-11-12(15)8-10(9-13(11)17)14(16)5-2-3-6-14/h4,7-9H,2-3,5-6,16H2,1H3. The molecule has 0 aliphatic heterocycles. The van der Waals surface area contributed by atoms with Gasteiger partial charge in [-0.2, -0.15) is 0 Å². The molecule has 17 heavy (non-hydrogen) atoms. The maximum Gasteiger partial charge on any atom is 0.0503 e. The lowest BCUT2D eigenvalue weighted by Gasteiger charge is -2.24. The van der Waals surface area contributed by atoms with Crippen LogP contribution in [0.1, 0.15) is 31.2 Å². The molecule has 0 spiro atoms. The summed E-state index contributed by atoms with van der Waals surface area (Å²) in [4.78, 5) is 0. The van der Waals surface area contributed by atoms with Gasteiger partial charge in [-0.25, -0.2) is 0 Å². The van der Waals surface area contributed by atoms with Crippen molar-refractivity contribution < 1.29 is 0 Å². The van der Waals surface area contributed by atoms with Gasteiger partial charge in [-0.3, -0.25) is 0 Å². The van der Waals surface area contributed by atoms with Crippen molar-refractivity contribution in [1.29, 1.82) is 0 Å². The van der Waals surface area contributed by atoms with E-state index >= 15 is 0 Å². The van der Waals surface area contributed by atoms with E-state index in [-0.39, 0.29) is 5.54 Å². The lowest BCUT2D eigenvalue weighted by Crippen LogP contribution is -2.33. The molecular formula is C14H17ClN2. The zero-order valence-corrected chi connectivity index (χ0v) is 10.8. The maximum atomic E-state index is 6.49. The number of nitrogens with zero attached hydrogens (tertiary/aromatic N) is 1. The van der Waals surface area contributed by atoms with Crippen molar-refractivity contribution in [3.63, 3.8) is 0 Å². The van der Waals surface area contributed by atoms with Gasteiger partial charge in [0.25, 0.3) is 0 Å². The van der Waals surface area contributed by atoms with E-state index in [4.69, 9.17) is 17.3 Å². The molecule has 1 heterocycles. The first-order valence-corrected chi connectivity index (χ1v) is 6.52. The smallest absolute Gasteiger partial charge is 0.0503 e.